The van der Waals surface area contributed by atoms with E-state index in [4.69, 9.17) is 10.7 Å². The molecule has 0 bridgehead atoms. The molecule has 0 fully saturated rings. The van der Waals surface area contributed by atoms with Crippen molar-refractivity contribution in [3.05, 3.63) is 77.1 Å². The predicted molar refractivity (Wildman–Crippen MR) is 111 cm³/mol. The number of aromatic amines is 1. The number of aromatic nitrogens is 3. The van der Waals surface area contributed by atoms with Crippen molar-refractivity contribution in [3.8, 4) is 11.4 Å². The molecule has 6 heteroatoms. The maximum atomic E-state index is 11.9. The van der Waals surface area contributed by atoms with Crippen molar-refractivity contribution in [1.29, 1.82) is 0 Å². The number of nitrogens with one attached hydrogen (secondary N) is 2. The summed E-state index contributed by atoms with van der Waals surface area (Å²) in [4.78, 5) is 24.5. The maximum Gasteiger partial charge on any atom is 0.249 e. The van der Waals surface area contributed by atoms with Crippen LogP contribution in [0, 0.1) is 13.8 Å². The van der Waals surface area contributed by atoms with E-state index in [9.17, 15) is 4.79 Å². The second-order valence-corrected chi connectivity index (χ2v) is 6.74. The molecule has 0 atom stereocenters. The Morgan fingerprint density at radius 3 is 2.61 bits per heavy atom. The Balaban J connectivity index is 1.78. The van der Waals surface area contributed by atoms with Gasteiger partial charge in [0.1, 0.15) is 5.82 Å². The van der Waals surface area contributed by atoms with Crippen LogP contribution in [0.3, 0.4) is 0 Å². The zero-order chi connectivity index (χ0) is 19.7. The number of fused-ring (bicyclic) bond motifs is 1. The largest absolute Gasteiger partial charge is 0.366 e. The Labute approximate surface area is 162 Å². The lowest BCUT2D eigenvalue weighted by Gasteiger charge is -2.12. The van der Waals surface area contributed by atoms with Crippen molar-refractivity contribution < 1.29 is 4.79 Å². The smallest absolute Gasteiger partial charge is 0.249 e. The molecule has 0 spiro atoms. The molecule has 28 heavy (non-hydrogen) atoms. The van der Waals surface area contributed by atoms with E-state index < -0.39 is 5.91 Å². The standard InChI is InChI=1S/C22H21N5O/c1-13-14(2)26-22(27-21(13)25-11-15-7-4-3-5-8-15)17-12-24-18-10-6-9-16(19(17)18)20(23)28/h3-10,12,24H,11H2,1-2H3,(H2,23,28)(H,25,26,27). The van der Waals surface area contributed by atoms with Gasteiger partial charge in [0.15, 0.2) is 5.82 Å². The Hall–Kier alpha value is -3.67. The molecule has 1 amide bonds. The molecule has 0 radical (unpaired) electrons. The van der Waals surface area contributed by atoms with E-state index in [1.807, 2.05) is 44.3 Å². The van der Waals surface area contributed by atoms with Crippen molar-refractivity contribution in [3.63, 3.8) is 0 Å². The zero-order valence-electron chi connectivity index (χ0n) is 15.8. The molecule has 0 saturated carbocycles. The first-order chi connectivity index (χ1) is 13.5. The minimum absolute atomic E-state index is 0.453. The first-order valence-electron chi connectivity index (χ1n) is 9.08. The summed E-state index contributed by atoms with van der Waals surface area (Å²) in [7, 11) is 0. The van der Waals surface area contributed by atoms with Crippen LogP contribution in [-0.2, 0) is 6.54 Å². The average Bonchev–Trinajstić information content (AvgIpc) is 3.14. The molecule has 4 rings (SSSR count). The SMILES string of the molecule is Cc1nc(-c2c[nH]c3cccc(C(N)=O)c23)nc(NCc2ccccc2)c1C. The van der Waals surface area contributed by atoms with E-state index in [-0.39, 0.29) is 0 Å². The molecule has 0 aliphatic heterocycles. The highest BCUT2D eigenvalue weighted by atomic mass is 16.1. The molecule has 6 nitrogen and oxygen atoms in total. The van der Waals surface area contributed by atoms with Crippen LogP contribution in [0.4, 0.5) is 5.82 Å². The molecular formula is C22H21N5O. The number of hydrogen-bond donors (Lipinski definition) is 3. The molecule has 140 valence electrons. The summed E-state index contributed by atoms with van der Waals surface area (Å²) in [5.74, 6) is 0.855. The topological polar surface area (TPSA) is 96.7 Å². The lowest BCUT2D eigenvalue weighted by Crippen LogP contribution is -2.11. The van der Waals surface area contributed by atoms with Gasteiger partial charge in [0.2, 0.25) is 5.91 Å². The van der Waals surface area contributed by atoms with Gasteiger partial charge in [-0.1, -0.05) is 36.4 Å². The van der Waals surface area contributed by atoms with Gasteiger partial charge in [0, 0.05) is 46.0 Å². The molecule has 0 aliphatic carbocycles. The lowest BCUT2D eigenvalue weighted by molar-refractivity contribution is 0.100. The van der Waals surface area contributed by atoms with E-state index >= 15 is 0 Å². The van der Waals surface area contributed by atoms with Gasteiger partial charge in [0.25, 0.3) is 0 Å². The van der Waals surface area contributed by atoms with Gasteiger partial charge in [-0.05, 0) is 31.5 Å². The van der Waals surface area contributed by atoms with Crippen LogP contribution >= 0.6 is 0 Å². The second kappa shape index (κ2) is 7.15. The summed E-state index contributed by atoms with van der Waals surface area (Å²) in [6.45, 7) is 4.62. The van der Waals surface area contributed by atoms with E-state index in [1.54, 1.807) is 12.1 Å². The number of nitrogens with zero attached hydrogens (tertiary/aromatic N) is 2. The normalized spacial score (nSPS) is 10.9. The van der Waals surface area contributed by atoms with Gasteiger partial charge in [-0.3, -0.25) is 4.79 Å². The van der Waals surface area contributed by atoms with Crippen molar-refractivity contribution >= 4 is 22.6 Å². The summed E-state index contributed by atoms with van der Waals surface area (Å²) in [6.07, 6.45) is 1.82. The summed E-state index contributed by atoms with van der Waals surface area (Å²) >= 11 is 0. The highest BCUT2D eigenvalue weighted by Crippen LogP contribution is 2.31. The number of anilines is 1. The summed E-state index contributed by atoms with van der Waals surface area (Å²) in [6, 6.07) is 15.6. The number of benzene rings is 2. The quantitative estimate of drug-likeness (QED) is 0.495. The number of hydrogen-bond acceptors (Lipinski definition) is 4. The number of primary amides is 1. The Morgan fingerprint density at radius 1 is 1.07 bits per heavy atom. The first-order valence-corrected chi connectivity index (χ1v) is 9.08. The average molecular weight is 371 g/mol. The van der Waals surface area contributed by atoms with Crippen LogP contribution in [0.25, 0.3) is 22.3 Å². The van der Waals surface area contributed by atoms with Crippen LogP contribution in [0.2, 0.25) is 0 Å². The van der Waals surface area contributed by atoms with Crippen molar-refractivity contribution in [2.75, 3.05) is 5.32 Å². The van der Waals surface area contributed by atoms with Gasteiger partial charge in [-0.2, -0.15) is 0 Å². The number of aryl methyl sites for hydroxylation is 1. The molecule has 4 N–H and O–H groups in total. The van der Waals surface area contributed by atoms with Crippen LogP contribution < -0.4 is 11.1 Å². The van der Waals surface area contributed by atoms with Crippen molar-refractivity contribution in [2.45, 2.75) is 20.4 Å². The molecule has 2 aromatic carbocycles. The minimum atomic E-state index is -0.474. The number of rotatable bonds is 5. The van der Waals surface area contributed by atoms with Gasteiger partial charge < -0.3 is 16.0 Å². The highest BCUT2D eigenvalue weighted by molar-refractivity contribution is 6.10. The molecule has 2 heterocycles. The Bertz CT molecular complexity index is 1160. The Morgan fingerprint density at radius 2 is 1.86 bits per heavy atom. The summed E-state index contributed by atoms with van der Waals surface area (Å²) in [5.41, 5.74) is 10.7. The molecule has 0 aliphatic rings. The van der Waals surface area contributed by atoms with Gasteiger partial charge in [-0.25, -0.2) is 9.97 Å². The molecule has 2 aromatic heterocycles. The predicted octanol–water partition coefficient (Wildman–Crippen LogP) is 3.95. The summed E-state index contributed by atoms with van der Waals surface area (Å²) in [5, 5.41) is 4.15. The van der Waals surface area contributed by atoms with E-state index in [0.29, 0.717) is 17.9 Å². The van der Waals surface area contributed by atoms with E-state index in [2.05, 4.69) is 27.4 Å². The minimum Gasteiger partial charge on any atom is -0.366 e. The summed E-state index contributed by atoms with van der Waals surface area (Å²) < 4.78 is 0. The molecule has 4 aromatic rings. The fourth-order valence-electron chi connectivity index (χ4n) is 3.27. The first kappa shape index (κ1) is 17.7. The van der Waals surface area contributed by atoms with Gasteiger partial charge in [0.05, 0.1) is 0 Å². The van der Waals surface area contributed by atoms with Crippen LogP contribution in [-0.4, -0.2) is 20.9 Å². The van der Waals surface area contributed by atoms with Gasteiger partial charge in [-0.15, -0.1) is 0 Å². The van der Waals surface area contributed by atoms with Crippen LogP contribution in [0.1, 0.15) is 27.2 Å². The molecular weight excluding hydrogens is 350 g/mol. The number of carbonyl (C=O) groups is 1. The second-order valence-electron chi connectivity index (χ2n) is 6.74. The number of amides is 1. The number of nitrogens with two attached hydrogens (primary N) is 1. The van der Waals surface area contributed by atoms with Crippen molar-refractivity contribution in [1.82, 2.24) is 15.0 Å². The fourth-order valence-corrected chi connectivity index (χ4v) is 3.27. The number of carbonyl (C=O) groups excluding carboxylic acids is 1. The third-order valence-corrected chi connectivity index (χ3v) is 4.90. The van der Waals surface area contributed by atoms with Crippen molar-refractivity contribution in [2.24, 2.45) is 5.73 Å². The third-order valence-electron chi connectivity index (χ3n) is 4.90. The lowest BCUT2D eigenvalue weighted by atomic mass is 10.0. The van der Waals surface area contributed by atoms with Gasteiger partial charge >= 0.3 is 0 Å². The Kier molecular flexibility index (Phi) is 4.53. The number of H-pyrrole nitrogens is 1. The van der Waals surface area contributed by atoms with Crippen LogP contribution in [0.5, 0.6) is 0 Å². The zero-order valence-corrected chi connectivity index (χ0v) is 15.8. The maximum absolute atomic E-state index is 11.9. The van der Waals surface area contributed by atoms with E-state index in [1.165, 1.54) is 5.56 Å². The fraction of sp³-hybridized carbons (Fsp3) is 0.136. The third kappa shape index (κ3) is 3.20. The molecule has 0 unspecified atom stereocenters. The van der Waals surface area contributed by atoms with E-state index in [0.717, 1.165) is 33.5 Å². The molecule has 0 saturated heterocycles. The monoisotopic (exact) mass is 371 g/mol. The highest BCUT2D eigenvalue weighted by Gasteiger charge is 2.17. The van der Waals surface area contributed by atoms with Crippen LogP contribution in [0.15, 0.2) is 54.7 Å².